The third-order valence-corrected chi connectivity index (χ3v) is 6.55. The molecule has 3 aromatic rings. The van der Waals surface area contributed by atoms with Gasteiger partial charge >= 0.3 is 0 Å². The van der Waals surface area contributed by atoms with E-state index in [2.05, 4.69) is 15.9 Å². The van der Waals surface area contributed by atoms with Gasteiger partial charge in [0.25, 0.3) is 0 Å². The molecule has 4 rings (SSSR count). The van der Waals surface area contributed by atoms with Gasteiger partial charge in [0.2, 0.25) is 0 Å². The number of thiazole rings is 1. The molecule has 160 valence electrons. The summed E-state index contributed by atoms with van der Waals surface area (Å²) in [5, 5.41) is 1.01. The molecule has 1 aromatic heterocycles. The molecule has 8 heteroatoms. The molecule has 0 atom stereocenters. The van der Waals surface area contributed by atoms with Crippen LogP contribution in [0, 0.1) is 0 Å². The van der Waals surface area contributed by atoms with E-state index in [-0.39, 0.29) is 0 Å². The first-order chi connectivity index (χ1) is 14.7. The molecular weight excluding hydrogens is 402 g/mol. The van der Waals surface area contributed by atoms with Gasteiger partial charge in [0, 0.05) is 38.3 Å². The molecule has 1 saturated heterocycles. The lowest BCUT2D eigenvalue weighted by atomic mass is 10.1. The van der Waals surface area contributed by atoms with Crippen LogP contribution in [0.1, 0.15) is 5.56 Å². The highest BCUT2D eigenvalue weighted by Gasteiger charge is 2.23. The van der Waals surface area contributed by atoms with E-state index in [1.165, 1.54) is 0 Å². The molecule has 1 aliphatic heterocycles. The number of nitrogens with zero attached hydrogens (tertiary/aromatic N) is 3. The Morgan fingerprint density at radius 2 is 1.50 bits per heavy atom. The lowest BCUT2D eigenvalue weighted by Crippen LogP contribution is -2.46. The smallest absolute Gasteiger partial charge is 0.186 e. The molecule has 2 aromatic carbocycles. The van der Waals surface area contributed by atoms with Crippen LogP contribution in [-0.4, -0.2) is 64.5 Å². The number of aromatic nitrogens is 1. The van der Waals surface area contributed by atoms with Gasteiger partial charge in [-0.25, -0.2) is 4.98 Å². The van der Waals surface area contributed by atoms with E-state index in [9.17, 15) is 0 Å². The Bertz CT molecular complexity index is 974. The predicted octanol–water partition coefficient (Wildman–Crippen LogP) is 3.65. The number of anilines is 1. The molecule has 7 nitrogen and oxygen atoms in total. The molecule has 0 radical (unpaired) electrons. The van der Waals surface area contributed by atoms with Crippen molar-refractivity contribution in [3.05, 3.63) is 35.9 Å². The number of fused-ring (bicyclic) bond motifs is 1. The molecule has 0 N–H and O–H groups in total. The zero-order valence-electron chi connectivity index (χ0n) is 17.8. The maximum absolute atomic E-state index is 5.53. The molecule has 30 heavy (non-hydrogen) atoms. The Kier molecular flexibility index (Phi) is 6.15. The standard InChI is InChI=1S/C22H27N3O4S/c1-26-16-5-6-17(27-2)15(13-16)14-24-9-11-25(12-10-24)22-23-20-18(28-3)7-8-19(29-4)21(20)30-22/h5-8,13H,9-12,14H2,1-4H3. The Morgan fingerprint density at radius 3 is 2.17 bits per heavy atom. The second kappa shape index (κ2) is 8.97. The monoisotopic (exact) mass is 429 g/mol. The lowest BCUT2D eigenvalue weighted by molar-refractivity contribution is 0.245. The van der Waals surface area contributed by atoms with Gasteiger partial charge in [-0.2, -0.15) is 0 Å². The summed E-state index contributed by atoms with van der Waals surface area (Å²) in [5.74, 6) is 3.35. The van der Waals surface area contributed by atoms with E-state index in [0.717, 1.165) is 76.6 Å². The van der Waals surface area contributed by atoms with Crippen LogP contribution in [0.4, 0.5) is 5.13 Å². The normalized spacial score (nSPS) is 14.7. The van der Waals surface area contributed by atoms with Crippen molar-refractivity contribution in [2.24, 2.45) is 0 Å². The first-order valence-electron chi connectivity index (χ1n) is 9.86. The average molecular weight is 430 g/mol. The Balaban J connectivity index is 1.47. The average Bonchev–Trinajstić information content (AvgIpc) is 3.24. The van der Waals surface area contributed by atoms with Gasteiger partial charge < -0.3 is 23.8 Å². The molecule has 0 bridgehead atoms. The van der Waals surface area contributed by atoms with Crippen LogP contribution in [0.3, 0.4) is 0 Å². The van der Waals surface area contributed by atoms with Gasteiger partial charge in [-0.1, -0.05) is 11.3 Å². The fourth-order valence-corrected chi connectivity index (χ4v) is 4.88. The van der Waals surface area contributed by atoms with Gasteiger partial charge in [-0.15, -0.1) is 0 Å². The molecule has 2 heterocycles. The maximum Gasteiger partial charge on any atom is 0.186 e. The molecule has 0 saturated carbocycles. The third kappa shape index (κ3) is 3.97. The minimum atomic E-state index is 0.775. The topological polar surface area (TPSA) is 56.3 Å². The molecule has 1 fully saturated rings. The van der Waals surface area contributed by atoms with Crippen molar-refractivity contribution in [1.82, 2.24) is 9.88 Å². The number of hydrogen-bond donors (Lipinski definition) is 0. The lowest BCUT2D eigenvalue weighted by Gasteiger charge is -2.34. The van der Waals surface area contributed by atoms with Gasteiger partial charge in [-0.05, 0) is 30.3 Å². The van der Waals surface area contributed by atoms with Crippen molar-refractivity contribution >= 4 is 26.7 Å². The molecule has 0 unspecified atom stereocenters. The summed E-state index contributed by atoms with van der Waals surface area (Å²) in [5.41, 5.74) is 2.00. The van der Waals surface area contributed by atoms with Gasteiger partial charge in [-0.3, -0.25) is 4.90 Å². The second-order valence-electron chi connectivity index (χ2n) is 7.09. The van der Waals surface area contributed by atoms with Crippen LogP contribution in [0.15, 0.2) is 30.3 Å². The fourth-order valence-electron chi connectivity index (χ4n) is 3.75. The first kappa shape index (κ1) is 20.6. The minimum absolute atomic E-state index is 0.775. The number of methoxy groups -OCH3 is 4. The van der Waals surface area contributed by atoms with E-state index >= 15 is 0 Å². The second-order valence-corrected chi connectivity index (χ2v) is 8.06. The summed E-state index contributed by atoms with van der Waals surface area (Å²) in [6, 6.07) is 9.78. The van der Waals surface area contributed by atoms with Crippen molar-refractivity contribution in [1.29, 1.82) is 0 Å². The highest BCUT2D eigenvalue weighted by atomic mass is 32.1. The van der Waals surface area contributed by atoms with E-state index < -0.39 is 0 Å². The first-order valence-corrected chi connectivity index (χ1v) is 10.7. The summed E-state index contributed by atoms with van der Waals surface area (Å²) in [6.07, 6.45) is 0. The van der Waals surface area contributed by atoms with Crippen LogP contribution in [0.5, 0.6) is 23.0 Å². The van der Waals surface area contributed by atoms with Gasteiger partial charge in [0.05, 0.1) is 28.4 Å². The summed E-state index contributed by atoms with van der Waals surface area (Å²) in [4.78, 5) is 9.63. The Morgan fingerprint density at radius 1 is 0.833 bits per heavy atom. The summed E-state index contributed by atoms with van der Waals surface area (Å²) in [7, 11) is 6.75. The molecule has 0 amide bonds. The Hall–Kier alpha value is -2.71. The number of hydrogen-bond acceptors (Lipinski definition) is 8. The number of ether oxygens (including phenoxy) is 4. The number of benzene rings is 2. The van der Waals surface area contributed by atoms with E-state index in [0.29, 0.717) is 0 Å². The van der Waals surface area contributed by atoms with Crippen molar-refractivity contribution in [2.45, 2.75) is 6.54 Å². The van der Waals surface area contributed by atoms with Crippen molar-refractivity contribution < 1.29 is 18.9 Å². The largest absolute Gasteiger partial charge is 0.497 e. The summed E-state index contributed by atoms with van der Waals surface area (Å²) < 4.78 is 22.9. The van der Waals surface area contributed by atoms with Gasteiger partial charge in [0.1, 0.15) is 33.2 Å². The highest BCUT2D eigenvalue weighted by Crippen LogP contribution is 2.40. The Labute approximate surface area is 180 Å². The van der Waals surface area contributed by atoms with Crippen molar-refractivity contribution in [2.75, 3.05) is 59.5 Å². The maximum atomic E-state index is 5.53. The molecule has 0 spiro atoms. The van der Waals surface area contributed by atoms with Crippen LogP contribution in [0.2, 0.25) is 0 Å². The van der Waals surface area contributed by atoms with E-state index in [4.69, 9.17) is 23.9 Å². The SMILES string of the molecule is COc1ccc(OC)c(CN2CCN(c3nc4c(OC)ccc(OC)c4s3)CC2)c1. The fraction of sp³-hybridized carbons (Fsp3) is 0.409. The van der Waals surface area contributed by atoms with Crippen molar-refractivity contribution in [3.63, 3.8) is 0 Å². The van der Waals surface area contributed by atoms with E-state index in [1.54, 1.807) is 39.8 Å². The summed E-state index contributed by atoms with van der Waals surface area (Å²) in [6.45, 7) is 4.55. The summed E-state index contributed by atoms with van der Waals surface area (Å²) >= 11 is 1.66. The number of piperazine rings is 1. The van der Waals surface area contributed by atoms with Gasteiger partial charge in [0.15, 0.2) is 5.13 Å². The molecule has 1 aliphatic rings. The van der Waals surface area contributed by atoms with Crippen molar-refractivity contribution in [3.8, 4) is 23.0 Å². The third-order valence-electron chi connectivity index (χ3n) is 5.42. The molecule has 0 aliphatic carbocycles. The van der Waals surface area contributed by atoms with Crippen LogP contribution in [-0.2, 0) is 6.54 Å². The zero-order valence-corrected chi connectivity index (χ0v) is 18.6. The molecular formula is C22H27N3O4S. The highest BCUT2D eigenvalue weighted by molar-refractivity contribution is 7.22. The predicted molar refractivity (Wildman–Crippen MR) is 120 cm³/mol. The quantitative estimate of drug-likeness (QED) is 0.568. The van der Waals surface area contributed by atoms with Crippen LogP contribution >= 0.6 is 11.3 Å². The van der Waals surface area contributed by atoms with Crippen LogP contribution in [0.25, 0.3) is 10.2 Å². The minimum Gasteiger partial charge on any atom is -0.497 e. The van der Waals surface area contributed by atoms with E-state index in [1.807, 2.05) is 24.3 Å². The van der Waals surface area contributed by atoms with Crippen LogP contribution < -0.4 is 23.8 Å². The number of rotatable bonds is 7. The zero-order chi connectivity index (χ0) is 21.1.